The van der Waals surface area contributed by atoms with Crippen LogP contribution in [0.15, 0.2) is 24.3 Å². The Balaban J connectivity index is 2.02. The predicted molar refractivity (Wildman–Crippen MR) is 67.5 cm³/mol. The maximum Gasteiger partial charge on any atom is 0.262 e. The van der Waals surface area contributed by atoms with Gasteiger partial charge in [0.25, 0.3) is 11.8 Å². The van der Waals surface area contributed by atoms with Crippen LogP contribution in [0.5, 0.6) is 0 Å². The molecule has 98 valence electrons. The Bertz CT molecular complexity index is 547. The van der Waals surface area contributed by atoms with Crippen LogP contribution in [0.3, 0.4) is 0 Å². The van der Waals surface area contributed by atoms with E-state index in [0.717, 1.165) is 11.3 Å². The van der Waals surface area contributed by atoms with Crippen LogP contribution in [-0.4, -0.2) is 35.2 Å². The highest BCUT2D eigenvalue weighted by atomic mass is 16.2. The lowest BCUT2D eigenvalue weighted by Crippen LogP contribution is -2.56. The van der Waals surface area contributed by atoms with Gasteiger partial charge in [-0.25, -0.2) is 0 Å². The standard InChI is InChI=1S/C14H14N2O3/c1-8-6-7-15-12(17)11(8)16-13(18)9-4-2-3-5-10(9)14(16)19/h2-5,8,11H,6-7H2,1H3,(H,15,17). The molecule has 5 nitrogen and oxygen atoms in total. The molecular weight excluding hydrogens is 244 g/mol. The van der Waals surface area contributed by atoms with Crippen LogP contribution in [0.4, 0.5) is 0 Å². The number of carbonyl (C=O) groups excluding carboxylic acids is 3. The van der Waals surface area contributed by atoms with Crippen LogP contribution in [0.2, 0.25) is 0 Å². The van der Waals surface area contributed by atoms with Crippen molar-refractivity contribution < 1.29 is 14.4 Å². The monoisotopic (exact) mass is 258 g/mol. The molecular formula is C14H14N2O3. The van der Waals surface area contributed by atoms with Crippen molar-refractivity contribution in [2.75, 3.05) is 6.54 Å². The quantitative estimate of drug-likeness (QED) is 0.758. The maximum absolute atomic E-state index is 12.3. The van der Waals surface area contributed by atoms with E-state index in [1.165, 1.54) is 0 Å². The molecule has 5 heteroatoms. The van der Waals surface area contributed by atoms with Gasteiger partial charge < -0.3 is 5.32 Å². The van der Waals surface area contributed by atoms with Crippen LogP contribution in [-0.2, 0) is 4.79 Å². The minimum atomic E-state index is -0.693. The Hall–Kier alpha value is -2.17. The third-order valence-electron chi connectivity index (χ3n) is 3.81. The molecule has 2 heterocycles. The zero-order valence-electron chi connectivity index (χ0n) is 10.6. The highest BCUT2D eigenvalue weighted by molar-refractivity contribution is 6.22. The second-order valence-corrected chi connectivity index (χ2v) is 5.03. The Morgan fingerprint density at radius 1 is 1.11 bits per heavy atom. The number of hydrogen-bond donors (Lipinski definition) is 1. The lowest BCUT2D eigenvalue weighted by molar-refractivity contribution is -0.128. The summed E-state index contributed by atoms with van der Waals surface area (Å²) in [5.41, 5.74) is 0.774. The molecule has 2 aliphatic rings. The third-order valence-corrected chi connectivity index (χ3v) is 3.81. The van der Waals surface area contributed by atoms with Gasteiger partial charge in [0.2, 0.25) is 5.91 Å². The summed E-state index contributed by atoms with van der Waals surface area (Å²) in [6, 6.07) is 6.00. The molecule has 0 spiro atoms. The molecule has 2 atom stereocenters. The van der Waals surface area contributed by atoms with Gasteiger partial charge in [-0.05, 0) is 24.5 Å². The minimum absolute atomic E-state index is 0.0176. The highest BCUT2D eigenvalue weighted by Gasteiger charge is 2.45. The van der Waals surface area contributed by atoms with Gasteiger partial charge in [0.1, 0.15) is 6.04 Å². The fourth-order valence-electron chi connectivity index (χ4n) is 2.78. The fraction of sp³-hybridized carbons (Fsp3) is 0.357. The van der Waals surface area contributed by atoms with Gasteiger partial charge in [0.05, 0.1) is 11.1 Å². The van der Waals surface area contributed by atoms with Crippen LogP contribution < -0.4 is 5.32 Å². The molecule has 1 aromatic carbocycles. The number of hydrogen-bond acceptors (Lipinski definition) is 3. The van der Waals surface area contributed by atoms with Gasteiger partial charge in [-0.2, -0.15) is 0 Å². The van der Waals surface area contributed by atoms with E-state index >= 15 is 0 Å². The molecule has 0 aromatic heterocycles. The number of nitrogens with one attached hydrogen (secondary N) is 1. The van der Waals surface area contributed by atoms with Crippen LogP contribution in [0.1, 0.15) is 34.1 Å². The van der Waals surface area contributed by atoms with Crippen molar-refractivity contribution in [3.63, 3.8) is 0 Å². The summed E-state index contributed by atoms with van der Waals surface area (Å²) in [6.07, 6.45) is 0.768. The molecule has 1 saturated heterocycles. The average Bonchev–Trinajstić information content (AvgIpc) is 2.64. The van der Waals surface area contributed by atoms with Gasteiger partial charge in [-0.3, -0.25) is 19.3 Å². The van der Waals surface area contributed by atoms with E-state index in [1.54, 1.807) is 24.3 Å². The second kappa shape index (κ2) is 4.19. The van der Waals surface area contributed by atoms with Gasteiger partial charge >= 0.3 is 0 Å². The Morgan fingerprint density at radius 2 is 1.68 bits per heavy atom. The van der Waals surface area contributed by atoms with Gasteiger partial charge in [0, 0.05) is 6.54 Å². The molecule has 0 bridgehead atoms. The van der Waals surface area contributed by atoms with Crippen molar-refractivity contribution in [3.8, 4) is 0 Å². The molecule has 19 heavy (non-hydrogen) atoms. The number of imide groups is 1. The van der Waals surface area contributed by atoms with Crippen molar-refractivity contribution in [3.05, 3.63) is 35.4 Å². The Morgan fingerprint density at radius 3 is 2.21 bits per heavy atom. The van der Waals surface area contributed by atoms with Crippen molar-refractivity contribution in [1.82, 2.24) is 10.2 Å². The molecule has 3 rings (SSSR count). The molecule has 1 fully saturated rings. The molecule has 0 saturated carbocycles. The van der Waals surface area contributed by atoms with E-state index in [-0.39, 0.29) is 23.6 Å². The maximum atomic E-state index is 12.3. The van der Waals surface area contributed by atoms with Crippen LogP contribution in [0, 0.1) is 5.92 Å². The van der Waals surface area contributed by atoms with E-state index < -0.39 is 6.04 Å². The minimum Gasteiger partial charge on any atom is -0.354 e. The Labute approximate surface area is 110 Å². The molecule has 2 aliphatic heterocycles. The van der Waals surface area contributed by atoms with E-state index in [9.17, 15) is 14.4 Å². The van der Waals surface area contributed by atoms with Gasteiger partial charge in [-0.15, -0.1) is 0 Å². The molecule has 3 amide bonds. The number of amides is 3. The molecule has 0 radical (unpaired) electrons. The average molecular weight is 258 g/mol. The fourth-order valence-corrected chi connectivity index (χ4v) is 2.78. The number of carbonyl (C=O) groups is 3. The van der Waals surface area contributed by atoms with E-state index in [1.807, 2.05) is 6.92 Å². The number of nitrogens with zero attached hydrogens (tertiary/aromatic N) is 1. The summed E-state index contributed by atoms with van der Waals surface area (Å²) < 4.78 is 0. The lowest BCUT2D eigenvalue weighted by atomic mass is 9.92. The molecule has 1 aromatic rings. The molecule has 1 N–H and O–H groups in total. The largest absolute Gasteiger partial charge is 0.354 e. The van der Waals surface area contributed by atoms with Crippen molar-refractivity contribution >= 4 is 17.7 Å². The summed E-state index contributed by atoms with van der Waals surface area (Å²) in [5.74, 6) is -0.992. The first-order valence-corrected chi connectivity index (χ1v) is 6.36. The van der Waals surface area contributed by atoms with Crippen molar-refractivity contribution in [2.24, 2.45) is 5.92 Å². The zero-order chi connectivity index (χ0) is 13.6. The van der Waals surface area contributed by atoms with Crippen molar-refractivity contribution in [2.45, 2.75) is 19.4 Å². The van der Waals surface area contributed by atoms with Crippen LogP contribution >= 0.6 is 0 Å². The number of rotatable bonds is 1. The lowest BCUT2D eigenvalue weighted by Gasteiger charge is -2.33. The zero-order valence-corrected chi connectivity index (χ0v) is 10.6. The van der Waals surface area contributed by atoms with Crippen molar-refractivity contribution in [1.29, 1.82) is 0 Å². The van der Waals surface area contributed by atoms with Gasteiger partial charge in [-0.1, -0.05) is 19.1 Å². The third kappa shape index (κ3) is 1.65. The number of piperidine rings is 1. The normalized spacial score (nSPS) is 26.4. The Kier molecular flexibility index (Phi) is 2.62. The SMILES string of the molecule is CC1CCNC(=O)C1N1C(=O)c2ccccc2C1=O. The van der Waals surface area contributed by atoms with E-state index in [0.29, 0.717) is 17.7 Å². The van der Waals surface area contributed by atoms with E-state index in [2.05, 4.69) is 5.32 Å². The predicted octanol–water partition coefficient (Wildman–Crippen LogP) is 0.807. The molecule has 2 unspecified atom stereocenters. The molecule has 0 aliphatic carbocycles. The van der Waals surface area contributed by atoms with Crippen LogP contribution in [0.25, 0.3) is 0 Å². The summed E-state index contributed by atoms with van der Waals surface area (Å²) in [7, 11) is 0. The first-order chi connectivity index (χ1) is 9.11. The highest BCUT2D eigenvalue weighted by Crippen LogP contribution is 2.29. The summed E-state index contributed by atoms with van der Waals surface area (Å²) in [6.45, 7) is 2.49. The summed E-state index contributed by atoms with van der Waals surface area (Å²) >= 11 is 0. The topological polar surface area (TPSA) is 66.5 Å². The number of benzene rings is 1. The van der Waals surface area contributed by atoms with E-state index in [4.69, 9.17) is 0 Å². The smallest absolute Gasteiger partial charge is 0.262 e. The number of fused-ring (bicyclic) bond motifs is 1. The van der Waals surface area contributed by atoms with Gasteiger partial charge in [0.15, 0.2) is 0 Å². The second-order valence-electron chi connectivity index (χ2n) is 5.03. The first-order valence-electron chi connectivity index (χ1n) is 6.36. The summed E-state index contributed by atoms with van der Waals surface area (Å²) in [4.78, 5) is 37.7. The summed E-state index contributed by atoms with van der Waals surface area (Å²) in [5, 5.41) is 2.72. The first kappa shape index (κ1) is 11.9.